The highest BCUT2D eigenvalue weighted by Crippen LogP contribution is 2.42. The van der Waals surface area contributed by atoms with Gasteiger partial charge in [-0.2, -0.15) is 0 Å². The quantitative estimate of drug-likeness (QED) is 0.764. The second-order valence-electron chi connectivity index (χ2n) is 3.14. The first-order valence-electron chi connectivity index (χ1n) is 4.45. The van der Waals surface area contributed by atoms with Crippen LogP contribution in [0.25, 0.3) is 11.1 Å². The summed E-state index contributed by atoms with van der Waals surface area (Å²) in [5.41, 5.74) is 7.20. The molecule has 1 aliphatic heterocycles. The van der Waals surface area contributed by atoms with Crippen LogP contribution in [-0.2, 0) is 0 Å². The maximum absolute atomic E-state index is 5.64. The first kappa shape index (κ1) is 8.16. The molecule has 1 aromatic carbocycles. The minimum absolute atomic E-state index is 0.234. The Balaban J connectivity index is 2.21. The fraction of sp³-hybridized carbons (Fsp3) is 0.100. The average molecular weight is 204 g/mol. The van der Waals surface area contributed by atoms with Crippen molar-refractivity contribution in [2.75, 3.05) is 12.5 Å². The number of rotatable bonds is 1. The third kappa shape index (κ3) is 1.13. The number of benzene rings is 1. The summed E-state index contributed by atoms with van der Waals surface area (Å²) in [5, 5.41) is 3.63. The number of nitrogen functional groups attached to an aromatic ring is 1. The van der Waals surface area contributed by atoms with E-state index in [9.17, 15) is 0 Å². The normalized spacial score (nSPS) is 13.1. The van der Waals surface area contributed by atoms with E-state index in [1.165, 1.54) is 0 Å². The monoisotopic (exact) mass is 204 g/mol. The van der Waals surface area contributed by atoms with E-state index in [1.54, 1.807) is 6.20 Å². The molecule has 0 radical (unpaired) electrons. The summed E-state index contributed by atoms with van der Waals surface area (Å²) in [4.78, 5) is 0. The molecule has 0 unspecified atom stereocenters. The number of hydrogen-bond donors (Lipinski definition) is 1. The molecule has 1 aromatic heterocycles. The van der Waals surface area contributed by atoms with E-state index in [0.717, 1.165) is 11.1 Å². The van der Waals surface area contributed by atoms with Crippen molar-refractivity contribution in [1.82, 2.24) is 5.16 Å². The average Bonchev–Trinajstić information content (AvgIpc) is 2.85. The van der Waals surface area contributed by atoms with Gasteiger partial charge in [-0.3, -0.25) is 0 Å². The highest BCUT2D eigenvalue weighted by molar-refractivity contribution is 5.79. The van der Waals surface area contributed by atoms with Gasteiger partial charge in [-0.25, -0.2) is 0 Å². The predicted molar refractivity (Wildman–Crippen MR) is 52.5 cm³/mol. The molecule has 2 aromatic rings. The van der Waals surface area contributed by atoms with E-state index < -0.39 is 0 Å². The van der Waals surface area contributed by atoms with Crippen LogP contribution in [0.3, 0.4) is 0 Å². The van der Waals surface area contributed by atoms with Crippen LogP contribution in [0.5, 0.6) is 11.5 Å². The molecule has 0 aliphatic carbocycles. The SMILES string of the molecule is Nc1oncc1-c1cccc2c1OCO2. The minimum atomic E-state index is 0.234. The molecule has 0 atom stereocenters. The number of ether oxygens (including phenoxy) is 2. The summed E-state index contributed by atoms with van der Waals surface area (Å²) in [6, 6.07) is 5.60. The van der Waals surface area contributed by atoms with Gasteiger partial charge < -0.3 is 19.7 Å². The number of para-hydroxylation sites is 1. The highest BCUT2D eigenvalue weighted by Gasteiger charge is 2.20. The Hall–Kier alpha value is -2.17. The van der Waals surface area contributed by atoms with Gasteiger partial charge in [0.1, 0.15) is 0 Å². The molecule has 0 amide bonds. The summed E-state index contributed by atoms with van der Waals surface area (Å²) in [6.45, 7) is 0.234. The smallest absolute Gasteiger partial charge is 0.231 e. The molecule has 2 heterocycles. The minimum Gasteiger partial charge on any atom is -0.454 e. The Kier molecular flexibility index (Phi) is 1.58. The van der Waals surface area contributed by atoms with Crippen LogP contribution in [0.1, 0.15) is 0 Å². The van der Waals surface area contributed by atoms with Gasteiger partial charge in [-0.05, 0) is 6.07 Å². The maximum Gasteiger partial charge on any atom is 0.231 e. The number of hydrogen-bond acceptors (Lipinski definition) is 5. The van der Waals surface area contributed by atoms with E-state index in [0.29, 0.717) is 11.5 Å². The van der Waals surface area contributed by atoms with Crippen LogP contribution < -0.4 is 15.2 Å². The Morgan fingerprint density at radius 1 is 1.20 bits per heavy atom. The summed E-state index contributed by atoms with van der Waals surface area (Å²) < 4.78 is 15.4. The molecule has 15 heavy (non-hydrogen) atoms. The summed E-state index contributed by atoms with van der Waals surface area (Å²) >= 11 is 0. The number of aromatic nitrogens is 1. The first-order valence-corrected chi connectivity index (χ1v) is 4.45. The topological polar surface area (TPSA) is 70.5 Å². The molecular weight excluding hydrogens is 196 g/mol. The maximum atomic E-state index is 5.64. The van der Waals surface area contributed by atoms with Gasteiger partial charge in [0.05, 0.1) is 11.8 Å². The van der Waals surface area contributed by atoms with Gasteiger partial charge in [0.2, 0.25) is 12.7 Å². The molecule has 1 aliphatic rings. The number of nitrogens with two attached hydrogens (primary N) is 1. The largest absolute Gasteiger partial charge is 0.454 e. The van der Waals surface area contributed by atoms with E-state index >= 15 is 0 Å². The van der Waals surface area contributed by atoms with Gasteiger partial charge in [0.15, 0.2) is 11.5 Å². The molecule has 5 nitrogen and oxygen atoms in total. The number of fused-ring (bicyclic) bond motifs is 1. The summed E-state index contributed by atoms with van der Waals surface area (Å²) in [5.74, 6) is 1.68. The highest BCUT2D eigenvalue weighted by atomic mass is 16.7. The van der Waals surface area contributed by atoms with Gasteiger partial charge in [0, 0.05) is 5.56 Å². The standard InChI is InChI=1S/C10H8N2O3/c11-10-7(4-12-15-10)6-2-1-3-8-9(6)14-5-13-8/h1-4H,5,11H2. The van der Waals surface area contributed by atoms with Crippen molar-refractivity contribution in [3.05, 3.63) is 24.4 Å². The first-order chi connectivity index (χ1) is 7.36. The van der Waals surface area contributed by atoms with Crippen LogP contribution in [-0.4, -0.2) is 11.9 Å². The summed E-state index contributed by atoms with van der Waals surface area (Å²) in [6.07, 6.45) is 1.56. The van der Waals surface area contributed by atoms with Gasteiger partial charge in [-0.15, -0.1) is 0 Å². The van der Waals surface area contributed by atoms with Crippen molar-refractivity contribution in [2.45, 2.75) is 0 Å². The van der Waals surface area contributed by atoms with E-state index in [1.807, 2.05) is 18.2 Å². The molecule has 5 heteroatoms. The second-order valence-corrected chi connectivity index (χ2v) is 3.14. The zero-order valence-electron chi connectivity index (χ0n) is 7.77. The van der Waals surface area contributed by atoms with Crippen molar-refractivity contribution in [3.8, 4) is 22.6 Å². The van der Waals surface area contributed by atoms with E-state index in [2.05, 4.69) is 5.16 Å². The molecule has 3 rings (SSSR count). The number of nitrogens with zero attached hydrogens (tertiary/aromatic N) is 1. The lowest BCUT2D eigenvalue weighted by Gasteiger charge is -2.02. The molecule has 76 valence electrons. The molecule has 0 spiro atoms. The Morgan fingerprint density at radius 3 is 2.93 bits per heavy atom. The molecule has 0 saturated carbocycles. The van der Waals surface area contributed by atoms with Crippen LogP contribution in [0.2, 0.25) is 0 Å². The van der Waals surface area contributed by atoms with E-state index in [-0.39, 0.29) is 12.7 Å². The molecule has 2 N–H and O–H groups in total. The molecule has 0 saturated heterocycles. The zero-order valence-corrected chi connectivity index (χ0v) is 7.77. The zero-order chi connectivity index (χ0) is 10.3. The Bertz CT molecular complexity index is 507. The van der Waals surface area contributed by atoms with Crippen molar-refractivity contribution >= 4 is 5.88 Å². The Labute approximate surface area is 85.4 Å². The third-order valence-corrected chi connectivity index (χ3v) is 2.29. The van der Waals surface area contributed by atoms with Gasteiger partial charge in [0.25, 0.3) is 0 Å². The van der Waals surface area contributed by atoms with Gasteiger partial charge >= 0.3 is 0 Å². The van der Waals surface area contributed by atoms with Crippen molar-refractivity contribution in [2.24, 2.45) is 0 Å². The van der Waals surface area contributed by atoms with Crippen LogP contribution in [0.15, 0.2) is 28.9 Å². The van der Waals surface area contributed by atoms with Crippen LogP contribution in [0.4, 0.5) is 5.88 Å². The number of anilines is 1. The van der Waals surface area contributed by atoms with Crippen molar-refractivity contribution in [3.63, 3.8) is 0 Å². The third-order valence-electron chi connectivity index (χ3n) is 2.29. The predicted octanol–water partition coefficient (Wildman–Crippen LogP) is 1.65. The Morgan fingerprint density at radius 2 is 2.13 bits per heavy atom. The second kappa shape index (κ2) is 2.91. The van der Waals surface area contributed by atoms with Crippen molar-refractivity contribution < 1.29 is 14.0 Å². The lowest BCUT2D eigenvalue weighted by Crippen LogP contribution is -1.93. The van der Waals surface area contributed by atoms with Crippen LogP contribution in [0, 0.1) is 0 Å². The van der Waals surface area contributed by atoms with E-state index in [4.69, 9.17) is 19.7 Å². The van der Waals surface area contributed by atoms with Gasteiger partial charge in [-0.1, -0.05) is 17.3 Å². The molecule has 0 fully saturated rings. The lowest BCUT2D eigenvalue weighted by atomic mass is 10.1. The van der Waals surface area contributed by atoms with Crippen molar-refractivity contribution in [1.29, 1.82) is 0 Å². The molecular formula is C10H8N2O3. The fourth-order valence-corrected chi connectivity index (χ4v) is 1.59. The van der Waals surface area contributed by atoms with Crippen LogP contribution >= 0.6 is 0 Å². The lowest BCUT2D eigenvalue weighted by molar-refractivity contribution is 0.174. The summed E-state index contributed by atoms with van der Waals surface area (Å²) in [7, 11) is 0. The fourth-order valence-electron chi connectivity index (χ4n) is 1.59. The molecule has 0 bridgehead atoms.